The number of anilines is 1. The Morgan fingerprint density at radius 1 is 0.967 bits per heavy atom. The van der Waals surface area contributed by atoms with Crippen molar-refractivity contribution in [2.24, 2.45) is 0 Å². The number of ketones is 1. The minimum absolute atomic E-state index is 0.0775. The number of halogens is 1. The van der Waals surface area contributed by atoms with Gasteiger partial charge in [0.2, 0.25) is 11.7 Å². The molecule has 2 aromatic carbocycles. The third-order valence-electron chi connectivity index (χ3n) is 3.90. The maximum atomic E-state index is 12.1. The summed E-state index contributed by atoms with van der Waals surface area (Å²) in [6, 6.07) is 17.5. The van der Waals surface area contributed by atoms with Crippen LogP contribution in [0.25, 0.3) is 0 Å². The van der Waals surface area contributed by atoms with Crippen LogP contribution in [0.2, 0.25) is 5.02 Å². The van der Waals surface area contributed by atoms with Gasteiger partial charge in [-0.05, 0) is 41.8 Å². The molecular weight excluding hydrogens is 426 g/mol. The first kappa shape index (κ1) is 21.5. The van der Waals surface area contributed by atoms with Gasteiger partial charge in [-0.3, -0.25) is 14.4 Å². The summed E-state index contributed by atoms with van der Waals surface area (Å²) < 4.78 is 10.6. The van der Waals surface area contributed by atoms with Gasteiger partial charge in [0.05, 0.1) is 16.3 Å². The highest BCUT2D eigenvalue weighted by molar-refractivity contribution is 7.12. The van der Waals surface area contributed by atoms with Gasteiger partial charge in [-0.2, -0.15) is 0 Å². The van der Waals surface area contributed by atoms with Crippen LogP contribution in [-0.2, 0) is 14.3 Å². The van der Waals surface area contributed by atoms with Gasteiger partial charge in [-0.25, -0.2) is 0 Å². The Morgan fingerprint density at radius 3 is 2.47 bits per heavy atom. The molecule has 0 aliphatic carbocycles. The van der Waals surface area contributed by atoms with Gasteiger partial charge in [0.25, 0.3) is 0 Å². The molecule has 0 spiro atoms. The molecule has 154 valence electrons. The molecular formula is C22H18ClNO5S. The Kier molecular flexibility index (Phi) is 7.59. The van der Waals surface area contributed by atoms with E-state index in [9.17, 15) is 14.4 Å². The average molecular weight is 444 g/mol. The predicted molar refractivity (Wildman–Crippen MR) is 115 cm³/mol. The third-order valence-corrected chi connectivity index (χ3v) is 5.11. The van der Waals surface area contributed by atoms with E-state index in [-0.39, 0.29) is 31.1 Å². The summed E-state index contributed by atoms with van der Waals surface area (Å²) in [5, 5.41) is 4.77. The minimum Gasteiger partial charge on any atom is -0.457 e. The Morgan fingerprint density at radius 2 is 1.77 bits per heavy atom. The van der Waals surface area contributed by atoms with E-state index in [4.69, 9.17) is 21.1 Å². The van der Waals surface area contributed by atoms with Crippen LogP contribution in [0.3, 0.4) is 0 Å². The number of ether oxygens (including phenoxy) is 2. The van der Waals surface area contributed by atoms with Gasteiger partial charge >= 0.3 is 5.97 Å². The molecule has 1 N–H and O–H groups in total. The Balaban J connectivity index is 1.43. The zero-order valence-electron chi connectivity index (χ0n) is 15.8. The molecule has 0 atom stereocenters. The highest BCUT2D eigenvalue weighted by Crippen LogP contribution is 2.31. The first-order chi connectivity index (χ1) is 14.5. The van der Waals surface area contributed by atoms with E-state index in [1.54, 1.807) is 47.8 Å². The molecule has 1 heterocycles. The number of amides is 1. The number of carbonyl (C=O) groups excluding carboxylic acids is 3. The van der Waals surface area contributed by atoms with Crippen molar-refractivity contribution in [3.05, 3.63) is 75.9 Å². The van der Waals surface area contributed by atoms with Crippen molar-refractivity contribution in [1.82, 2.24) is 0 Å². The molecule has 6 nitrogen and oxygen atoms in total. The van der Waals surface area contributed by atoms with E-state index < -0.39 is 5.97 Å². The van der Waals surface area contributed by atoms with E-state index in [1.165, 1.54) is 11.3 Å². The fraction of sp³-hybridized carbons (Fsp3) is 0.136. The largest absolute Gasteiger partial charge is 0.457 e. The van der Waals surface area contributed by atoms with E-state index in [0.29, 0.717) is 27.1 Å². The van der Waals surface area contributed by atoms with E-state index in [0.717, 1.165) is 0 Å². The number of nitrogens with one attached hydrogen (secondary N) is 1. The number of hydrogen-bond acceptors (Lipinski definition) is 6. The quantitative estimate of drug-likeness (QED) is 0.356. The lowest BCUT2D eigenvalue weighted by Crippen LogP contribution is -2.17. The monoisotopic (exact) mass is 443 g/mol. The first-order valence-electron chi connectivity index (χ1n) is 9.06. The molecule has 0 aliphatic heterocycles. The van der Waals surface area contributed by atoms with Crippen molar-refractivity contribution in [3.8, 4) is 11.5 Å². The summed E-state index contributed by atoms with van der Waals surface area (Å²) in [7, 11) is 0. The summed E-state index contributed by atoms with van der Waals surface area (Å²) >= 11 is 7.50. The number of esters is 1. The van der Waals surface area contributed by atoms with Gasteiger partial charge in [0.1, 0.15) is 11.5 Å². The number of hydrogen-bond donors (Lipinski definition) is 1. The van der Waals surface area contributed by atoms with Crippen LogP contribution < -0.4 is 10.1 Å². The van der Waals surface area contributed by atoms with Crippen LogP contribution >= 0.6 is 22.9 Å². The highest BCUT2D eigenvalue weighted by atomic mass is 35.5. The zero-order valence-corrected chi connectivity index (χ0v) is 17.4. The van der Waals surface area contributed by atoms with E-state index in [2.05, 4.69) is 5.32 Å². The second kappa shape index (κ2) is 10.6. The molecule has 8 heteroatoms. The van der Waals surface area contributed by atoms with Crippen molar-refractivity contribution >= 4 is 46.3 Å². The van der Waals surface area contributed by atoms with Gasteiger partial charge in [0, 0.05) is 12.1 Å². The summed E-state index contributed by atoms with van der Waals surface area (Å²) in [6.45, 7) is -0.334. The van der Waals surface area contributed by atoms with Crippen LogP contribution in [0, 0.1) is 0 Å². The lowest BCUT2D eigenvalue weighted by atomic mass is 10.2. The molecule has 0 bridgehead atoms. The normalized spacial score (nSPS) is 10.3. The number of para-hydroxylation sites is 1. The topological polar surface area (TPSA) is 81.7 Å². The number of carbonyl (C=O) groups is 3. The van der Waals surface area contributed by atoms with Crippen molar-refractivity contribution < 1.29 is 23.9 Å². The molecule has 1 amide bonds. The van der Waals surface area contributed by atoms with Gasteiger partial charge < -0.3 is 14.8 Å². The van der Waals surface area contributed by atoms with Gasteiger partial charge in [-0.1, -0.05) is 35.9 Å². The van der Waals surface area contributed by atoms with E-state index in [1.807, 2.05) is 18.2 Å². The molecule has 0 unspecified atom stereocenters. The molecule has 3 rings (SSSR count). The molecule has 0 saturated heterocycles. The third kappa shape index (κ3) is 6.43. The predicted octanol–water partition coefficient (Wildman–Crippen LogP) is 5.34. The number of thiophene rings is 1. The molecule has 1 aromatic heterocycles. The highest BCUT2D eigenvalue weighted by Gasteiger charge is 2.13. The second-order valence-electron chi connectivity index (χ2n) is 6.17. The maximum Gasteiger partial charge on any atom is 0.306 e. The number of benzene rings is 2. The van der Waals surface area contributed by atoms with Crippen LogP contribution in [0.5, 0.6) is 11.5 Å². The lowest BCUT2D eigenvalue weighted by molar-refractivity contribution is -0.143. The van der Waals surface area contributed by atoms with Gasteiger partial charge in [0.15, 0.2) is 6.61 Å². The van der Waals surface area contributed by atoms with Crippen LogP contribution in [0.15, 0.2) is 66.0 Å². The molecule has 0 saturated carbocycles. The standard InChI is InChI=1S/C22H18ClNO5S/c23-17-13-15(8-9-19(17)29-16-5-2-1-3-6-16)24-21(26)10-11-22(27)28-14-18(25)20-7-4-12-30-20/h1-9,12-13H,10-11,14H2,(H,24,26). The van der Waals surface area contributed by atoms with Crippen LogP contribution in [0.1, 0.15) is 22.5 Å². The summed E-state index contributed by atoms with van der Waals surface area (Å²) in [6.07, 6.45) is -0.210. The molecule has 0 aliphatic rings. The van der Waals surface area contributed by atoms with Crippen molar-refractivity contribution in [1.29, 1.82) is 0 Å². The lowest BCUT2D eigenvalue weighted by Gasteiger charge is -2.10. The minimum atomic E-state index is -0.611. The maximum absolute atomic E-state index is 12.1. The van der Waals surface area contributed by atoms with Crippen LogP contribution in [0.4, 0.5) is 5.69 Å². The SMILES string of the molecule is O=C(CCC(=O)OCC(=O)c1cccs1)Nc1ccc(Oc2ccccc2)c(Cl)c1. The van der Waals surface area contributed by atoms with Crippen molar-refractivity contribution in [3.63, 3.8) is 0 Å². The zero-order chi connectivity index (χ0) is 21.3. The fourth-order valence-corrected chi connectivity index (χ4v) is 3.31. The number of rotatable bonds is 9. The van der Waals surface area contributed by atoms with Crippen molar-refractivity contribution in [2.75, 3.05) is 11.9 Å². The molecule has 0 radical (unpaired) electrons. The average Bonchev–Trinajstić information content (AvgIpc) is 3.28. The number of Topliss-reactive ketones (excluding diaryl/α,β-unsaturated/α-hetero) is 1. The Labute approximate surface area is 182 Å². The second-order valence-corrected chi connectivity index (χ2v) is 7.52. The van der Waals surface area contributed by atoms with E-state index >= 15 is 0 Å². The summed E-state index contributed by atoms with van der Waals surface area (Å²) in [4.78, 5) is 36.1. The Hall–Kier alpha value is -3.16. The molecule has 3 aromatic rings. The van der Waals surface area contributed by atoms with Crippen molar-refractivity contribution in [2.45, 2.75) is 12.8 Å². The fourth-order valence-electron chi connectivity index (χ4n) is 2.44. The Bertz CT molecular complexity index is 1020. The summed E-state index contributed by atoms with van der Waals surface area (Å²) in [5.41, 5.74) is 0.478. The summed E-state index contributed by atoms with van der Waals surface area (Å²) in [5.74, 6) is -0.147. The molecule has 0 fully saturated rings. The van der Waals surface area contributed by atoms with Gasteiger partial charge in [-0.15, -0.1) is 11.3 Å². The van der Waals surface area contributed by atoms with Crippen LogP contribution in [-0.4, -0.2) is 24.3 Å². The molecule has 30 heavy (non-hydrogen) atoms. The smallest absolute Gasteiger partial charge is 0.306 e. The first-order valence-corrected chi connectivity index (χ1v) is 10.3.